The molecule has 2 aromatic rings. The number of hydrogen-bond acceptors (Lipinski definition) is 4. The van der Waals surface area contributed by atoms with Crippen molar-refractivity contribution in [2.75, 3.05) is 13.2 Å². The molecular formula is C15H18N2O3. The molecule has 1 saturated heterocycles. The average molecular weight is 274 g/mol. The highest BCUT2D eigenvalue weighted by molar-refractivity contribution is 5.80. The van der Waals surface area contributed by atoms with E-state index in [1.165, 1.54) is 6.42 Å². The first-order chi connectivity index (χ1) is 9.84. The van der Waals surface area contributed by atoms with E-state index < -0.39 is 0 Å². The second-order valence-corrected chi connectivity index (χ2v) is 5.02. The fourth-order valence-corrected chi connectivity index (χ4v) is 2.47. The normalized spacial score (nSPS) is 19.1. The molecule has 0 saturated carbocycles. The highest BCUT2D eigenvalue weighted by atomic mass is 16.7. The Hall–Kier alpha value is -1.88. The lowest BCUT2D eigenvalue weighted by atomic mass is 10.1. The summed E-state index contributed by atoms with van der Waals surface area (Å²) in [7, 11) is 0. The van der Waals surface area contributed by atoms with Gasteiger partial charge >= 0.3 is 5.56 Å². The van der Waals surface area contributed by atoms with Gasteiger partial charge in [-0.15, -0.1) is 5.10 Å². The van der Waals surface area contributed by atoms with Gasteiger partial charge in [0.1, 0.15) is 6.61 Å². The van der Waals surface area contributed by atoms with E-state index in [0.717, 1.165) is 36.1 Å². The molecule has 1 aromatic carbocycles. The molecule has 5 heteroatoms. The SMILES string of the molecule is O=c1c2ccccc2cnn1OCCC1CCCCO1. The van der Waals surface area contributed by atoms with E-state index in [4.69, 9.17) is 9.57 Å². The molecule has 1 aliphatic heterocycles. The number of nitrogens with zero attached hydrogens (tertiary/aromatic N) is 2. The Morgan fingerprint density at radius 2 is 2.25 bits per heavy atom. The van der Waals surface area contributed by atoms with Gasteiger partial charge in [-0.1, -0.05) is 23.0 Å². The molecule has 0 amide bonds. The second-order valence-electron chi connectivity index (χ2n) is 5.02. The molecule has 1 fully saturated rings. The van der Waals surface area contributed by atoms with Crippen LogP contribution in [0.25, 0.3) is 10.8 Å². The van der Waals surface area contributed by atoms with Crippen LogP contribution >= 0.6 is 0 Å². The predicted molar refractivity (Wildman–Crippen MR) is 75.7 cm³/mol. The summed E-state index contributed by atoms with van der Waals surface area (Å²) in [6.45, 7) is 1.27. The maximum atomic E-state index is 12.2. The van der Waals surface area contributed by atoms with Crippen molar-refractivity contribution in [3.8, 4) is 0 Å². The zero-order valence-corrected chi connectivity index (χ0v) is 11.3. The summed E-state index contributed by atoms with van der Waals surface area (Å²) in [4.78, 5) is 18.7. The number of aromatic nitrogens is 2. The smallest absolute Gasteiger partial charge is 0.310 e. The molecule has 20 heavy (non-hydrogen) atoms. The molecule has 1 aromatic heterocycles. The third kappa shape index (κ3) is 2.82. The molecule has 1 aliphatic rings. The lowest BCUT2D eigenvalue weighted by Crippen LogP contribution is -2.31. The summed E-state index contributed by atoms with van der Waals surface area (Å²) >= 11 is 0. The molecule has 2 heterocycles. The maximum absolute atomic E-state index is 12.2. The van der Waals surface area contributed by atoms with Crippen LogP contribution < -0.4 is 10.4 Å². The lowest BCUT2D eigenvalue weighted by Gasteiger charge is -2.22. The number of fused-ring (bicyclic) bond motifs is 1. The first-order valence-electron chi connectivity index (χ1n) is 7.06. The van der Waals surface area contributed by atoms with E-state index in [0.29, 0.717) is 12.0 Å². The van der Waals surface area contributed by atoms with Crippen LogP contribution in [-0.4, -0.2) is 29.3 Å². The van der Waals surface area contributed by atoms with Gasteiger partial charge in [-0.3, -0.25) is 4.79 Å². The summed E-state index contributed by atoms with van der Waals surface area (Å²) in [5, 5.41) is 5.48. The Labute approximate surface area is 117 Å². The monoisotopic (exact) mass is 274 g/mol. The standard InChI is InChI=1S/C15H18N2O3/c18-15-14-7-2-1-5-12(14)11-16-17(15)20-10-8-13-6-3-4-9-19-13/h1-2,5,7,11,13H,3-4,6,8-10H2. The first kappa shape index (κ1) is 13.1. The van der Waals surface area contributed by atoms with Gasteiger partial charge in [0, 0.05) is 18.4 Å². The van der Waals surface area contributed by atoms with Crippen molar-refractivity contribution < 1.29 is 9.57 Å². The molecule has 1 unspecified atom stereocenters. The highest BCUT2D eigenvalue weighted by Crippen LogP contribution is 2.15. The summed E-state index contributed by atoms with van der Waals surface area (Å²) < 4.78 is 5.63. The molecule has 0 spiro atoms. The molecule has 0 radical (unpaired) electrons. The molecule has 106 valence electrons. The first-order valence-corrected chi connectivity index (χ1v) is 7.06. The third-order valence-corrected chi connectivity index (χ3v) is 3.59. The maximum Gasteiger partial charge on any atom is 0.310 e. The zero-order chi connectivity index (χ0) is 13.8. The van der Waals surface area contributed by atoms with Gasteiger partial charge in [0.15, 0.2) is 0 Å². The van der Waals surface area contributed by atoms with E-state index in [9.17, 15) is 4.79 Å². The summed E-state index contributed by atoms with van der Waals surface area (Å²) in [5.74, 6) is 0. The molecule has 1 atom stereocenters. The quantitative estimate of drug-likeness (QED) is 0.853. The van der Waals surface area contributed by atoms with Crippen molar-refractivity contribution in [3.05, 3.63) is 40.8 Å². The topological polar surface area (TPSA) is 53.4 Å². The van der Waals surface area contributed by atoms with Crippen LogP contribution in [0.2, 0.25) is 0 Å². The van der Waals surface area contributed by atoms with Crippen molar-refractivity contribution in [3.63, 3.8) is 0 Å². The van der Waals surface area contributed by atoms with Crippen molar-refractivity contribution in [2.45, 2.75) is 31.8 Å². The van der Waals surface area contributed by atoms with E-state index >= 15 is 0 Å². The molecule has 5 nitrogen and oxygen atoms in total. The minimum atomic E-state index is -0.215. The minimum absolute atomic E-state index is 0.215. The molecule has 0 aliphatic carbocycles. The molecular weight excluding hydrogens is 256 g/mol. The van der Waals surface area contributed by atoms with Gasteiger partial charge in [0.25, 0.3) is 0 Å². The van der Waals surface area contributed by atoms with Crippen LogP contribution in [0.3, 0.4) is 0 Å². The number of rotatable bonds is 4. The number of benzene rings is 1. The molecule has 0 N–H and O–H groups in total. The van der Waals surface area contributed by atoms with Gasteiger partial charge in [0.2, 0.25) is 0 Å². The Morgan fingerprint density at radius 1 is 1.35 bits per heavy atom. The minimum Gasteiger partial charge on any atom is -0.393 e. The predicted octanol–water partition coefficient (Wildman–Crippen LogP) is 1.78. The fraction of sp³-hybridized carbons (Fsp3) is 0.467. The van der Waals surface area contributed by atoms with Crippen molar-refractivity contribution in [2.24, 2.45) is 0 Å². The molecule has 0 bridgehead atoms. The fourth-order valence-electron chi connectivity index (χ4n) is 2.47. The van der Waals surface area contributed by atoms with E-state index in [-0.39, 0.29) is 11.7 Å². The average Bonchev–Trinajstić information content (AvgIpc) is 2.51. The third-order valence-electron chi connectivity index (χ3n) is 3.59. The Bertz CT molecular complexity index is 632. The zero-order valence-electron chi connectivity index (χ0n) is 11.3. The van der Waals surface area contributed by atoms with Crippen LogP contribution in [0.15, 0.2) is 35.3 Å². The highest BCUT2D eigenvalue weighted by Gasteiger charge is 2.14. The van der Waals surface area contributed by atoms with Gasteiger partial charge in [-0.2, -0.15) is 0 Å². The summed E-state index contributed by atoms with van der Waals surface area (Å²) in [6, 6.07) is 7.37. The largest absolute Gasteiger partial charge is 0.393 e. The Kier molecular flexibility index (Phi) is 3.97. The van der Waals surface area contributed by atoms with Crippen LogP contribution in [-0.2, 0) is 4.74 Å². The van der Waals surface area contributed by atoms with E-state index in [1.54, 1.807) is 12.3 Å². The van der Waals surface area contributed by atoms with Crippen LogP contribution in [0.4, 0.5) is 0 Å². The van der Waals surface area contributed by atoms with Crippen LogP contribution in [0, 0.1) is 0 Å². The number of ether oxygens (including phenoxy) is 1. The van der Waals surface area contributed by atoms with Crippen molar-refractivity contribution in [1.29, 1.82) is 0 Å². The van der Waals surface area contributed by atoms with Gasteiger partial charge < -0.3 is 9.57 Å². The lowest BCUT2D eigenvalue weighted by molar-refractivity contribution is -0.0158. The van der Waals surface area contributed by atoms with Gasteiger partial charge in [-0.05, 0) is 25.3 Å². The van der Waals surface area contributed by atoms with Crippen molar-refractivity contribution >= 4 is 10.8 Å². The van der Waals surface area contributed by atoms with Crippen LogP contribution in [0.1, 0.15) is 25.7 Å². The van der Waals surface area contributed by atoms with Crippen LogP contribution in [0.5, 0.6) is 0 Å². The number of hydrogen-bond donors (Lipinski definition) is 0. The Balaban J connectivity index is 1.65. The van der Waals surface area contributed by atoms with Gasteiger partial charge in [0.05, 0.1) is 17.7 Å². The van der Waals surface area contributed by atoms with Crippen molar-refractivity contribution in [1.82, 2.24) is 9.94 Å². The second kappa shape index (κ2) is 6.05. The van der Waals surface area contributed by atoms with Gasteiger partial charge in [-0.25, -0.2) is 0 Å². The summed E-state index contributed by atoms with van der Waals surface area (Å²) in [6.07, 6.45) is 6.11. The molecule has 3 rings (SSSR count). The van der Waals surface area contributed by atoms with E-state index in [2.05, 4.69) is 5.10 Å². The Morgan fingerprint density at radius 3 is 3.10 bits per heavy atom. The summed E-state index contributed by atoms with van der Waals surface area (Å²) in [5.41, 5.74) is -0.215. The van der Waals surface area contributed by atoms with E-state index in [1.807, 2.05) is 18.2 Å².